The van der Waals surface area contributed by atoms with Crippen LogP contribution in [0, 0.1) is 13.8 Å². The maximum Gasteiger partial charge on any atom is 0.0628 e. The molecule has 0 aliphatic rings. The highest BCUT2D eigenvalue weighted by Gasteiger charge is 2.24. The topological polar surface area (TPSA) is 50.1 Å². The molecule has 0 fully saturated rings. The second kappa shape index (κ2) is 6.53. The molecule has 1 aromatic heterocycles. The summed E-state index contributed by atoms with van der Waals surface area (Å²) < 4.78 is 2.07. The molecule has 0 saturated heterocycles. The summed E-state index contributed by atoms with van der Waals surface area (Å²) in [7, 11) is 0. The highest BCUT2D eigenvalue weighted by molar-refractivity contribution is 5.24. The smallest absolute Gasteiger partial charge is 0.0628 e. The van der Waals surface area contributed by atoms with Crippen LogP contribution >= 0.6 is 0 Å². The van der Waals surface area contributed by atoms with Crippen molar-refractivity contribution in [2.45, 2.75) is 72.5 Å². The normalized spacial score (nSPS) is 14.9. The van der Waals surface area contributed by atoms with Crippen molar-refractivity contribution in [1.29, 1.82) is 0 Å². The van der Waals surface area contributed by atoms with Gasteiger partial charge in [-0.3, -0.25) is 4.68 Å². The first-order chi connectivity index (χ1) is 8.83. The van der Waals surface area contributed by atoms with Gasteiger partial charge in [0.25, 0.3) is 0 Å². The average molecular weight is 267 g/mol. The molecule has 4 heteroatoms. The Morgan fingerprint density at radius 2 is 2.00 bits per heavy atom. The van der Waals surface area contributed by atoms with Crippen molar-refractivity contribution in [3.63, 3.8) is 0 Å². The van der Waals surface area contributed by atoms with Gasteiger partial charge in [-0.25, -0.2) is 0 Å². The van der Waals surface area contributed by atoms with Crippen LogP contribution < -0.4 is 5.32 Å². The maximum atomic E-state index is 9.60. The summed E-state index contributed by atoms with van der Waals surface area (Å²) in [5.74, 6) is 0. The molecule has 0 amide bonds. The molecule has 0 aromatic carbocycles. The van der Waals surface area contributed by atoms with Gasteiger partial charge in [-0.2, -0.15) is 5.10 Å². The van der Waals surface area contributed by atoms with Crippen LogP contribution in [0.3, 0.4) is 0 Å². The van der Waals surface area contributed by atoms with Gasteiger partial charge in [0.2, 0.25) is 0 Å². The van der Waals surface area contributed by atoms with Crippen molar-refractivity contribution in [1.82, 2.24) is 15.1 Å². The van der Waals surface area contributed by atoms with Gasteiger partial charge >= 0.3 is 0 Å². The van der Waals surface area contributed by atoms with E-state index in [0.29, 0.717) is 6.04 Å². The zero-order valence-electron chi connectivity index (χ0n) is 13.2. The Morgan fingerprint density at radius 3 is 2.42 bits per heavy atom. The minimum Gasteiger partial charge on any atom is -0.394 e. The standard InChI is InChI=1S/C15H29N3O/c1-7-14-12(4)17-18(13(14)5)9-8-15(6,10-19)16-11(2)3/h11,16,19H,7-10H2,1-6H3. The lowest BCUT2D eigenvalue weighted by Gasteiger charge is -2.31. The second-order valence-corrected chi connectivity index (χ2v) is 5.99. The summed E-state index contributed by atoms with van der Waals surface area (Å²) in [4.78, 5) is 0. The number of aliphatic hydroxyl groups excluding tert-OH is 1. The molecule has 1 heterocycles. The Balaban J connectivity index is 2.75. The summed E-state index contributed by atoms with van der Waals surface area (Å²) in [6.07, 6.45) is 1.89. The third-order valence-electron chi connectivity index (χ3n) is 3.75. The maximum absolute atomic E-state index is 9.60. The van der Waals surface area contributed by atoms with E-state index in [1.54, 1.807) is 0 Å². The Labute approximate surface area is 117 Å². The van der Waals surface area contributed by atoms with Gasteiger partial charge in [-0.05, 0) is 39.2 Å². The molecule has 19 heavy (non-hydrogen) atoms. The Hall–Kier alpha value is -0.870. The van der Waals surface area contributed by atoms with Gasteiger partial charge in [0.1, 0.15) is 0 Å². The molecule has 0 spiro atoms. The number of aryl methyl sites for hydroxylation is 2. The van der Waals surface area contributed by atoms with Gasteiger partial charge < -0.3 is 10.4 Å². The van der Waals surface area contributed by atoms with Gasteiger partial charge in [-0.15, -0.1) is 0 Å². The molecule has 1 aromatic rings. The molecule has 1 rings (SSSR count). The first-order valence-electron chi connectivity index (χ1n) is 7.24. The average Bonchev–Trinajstić information content (AvgIpc) is 2.60. The van der Waals surface area contributed by atoms with Crippen LogP contribution in [0.1, 0.15) is 51.1 Å². The van der Waals surface area contributed by atoms with Crippen LogP contribution in [-0.4, -0.2) is 33.1 Å². The zero-order valence-corrected chi connectivity index (χ0v) is 13.2. The number of hydrogen-bond acceptors (Lipinski definition) is 3. The van der Waals surface area contributed by atoms with Crippen molar-refractivity contribution < 1.29 is 5.11 Å². The van der Waals surface area contributed by atoms with Crippen LogP contribution in [0.25, 0.3) is 0 Å². The van der Waals surface area contributed by atoms with E-state index in [-0.39, 0.29) is 12.1 Å². The van der Waals surface area contributed by atoms with E-state index in [1.807, 2.05) is 0 Å². The molecular formula is C15H29N3O. The molecule has 1 unspecified atom stereocenters. The summed E-state index contributed by atoms with van der Waals surface area (Å²) in [6, 6.07) is 0.365. The highest BCUT2D eigenvalue weighted by Crippen LogP contribution is 2.17. The molecule has 0 aliphatic carbocycles. The molecule has 0 aliphatic heterocycles. The van der Waals surface area contributed by atoms with Gasteiger partial charge in [0, 0.05) is 23.8 Å². The fraction of sp³-hybridized carbons (Fsp3) is 0.800. The number of rotatable bonds is 7. The van der Waals surface area contributed by atoms with Gasteiger partial charge in [0.05, 0.1) is 12.3 Å². The van der Waals surface area contributed by atoms with Crippen LogP contribution in [0.15, 0.2) is 0 Å². The molecule has 0 bridgehead atoms. The summed E-state index contributed by atoms with van der Waals surface area (Å²) >= 11 is 0. The second-order valence-electron chi connectivity index (χ2n) is 5.99. The lowest BCUT2D eigenvalue weighted by Crippen LogP contribution is -2.49. The first kappa shape index (κ1) is 16.2. The number of nitrogens with one attached hydrogen (secondary N) is 1. The van der Waals surface area contributed by atoms with Crippen LogP contribution in [0.4, 0.5) is 0 Å². The Morgan fingerprint density at radius 1 is 1.37 bits per heavy atom. The predicted molar refractivity (Wildman–Crippen MR) is 79.5 cm³/mol. The predicted octanol–water partition coefficient (Wildman–Crippen LogP) is 2.20. The van der Waals surface area contributed by atoms with Crippen LogP contribution in [0.2, 0.25) is 0 Å². The molecule has 2 N–H and O–H groups in total. The monoisotopic (exact) mass is 267 g/mol. The highest BCUT2D eigenvalue weighted by atomic mass is 16.3. The van der Waals surface area contributed by atoms with Crippen molar-refractivity contribution in [2.24, 2.45) is 0 Å². The SMILES string of the molecule is CCc1c(C)nn(CCC(C)(CO)NC(C)C)c1C. The van der Waals surface area contributed by atoms with Crippen molar-refractivity contribution in [3.05, 3.63) is 17.0 Å². The largest absolute Gasteiger partial charge is 0.394 e. The molecule has 0 radical (unpaired) electrons. The van der Waals surface area contributed by atoms with E-state index in [4.69, 9.17) is 0 Å². The molecular weight excluding hydrogens is 238 g/mol. The minimum atomic E-state index is -0.243. The fourth-order valence-electron chi connectivity index (χ4n) is 2.71. The lowest BCUT2D eigenvalue weighted by atomic mass is 9.98. The van der Waals surface area contributed by atoms with E-state index in [1.165, 1.54) is 11.3 Å². The van der Waals surface area contributed by atoms with Crippen LogP contribution in [-0.2, 0) is 13.0 Å². The van der Waals surface area contributed by atoms with E-state index in [0.717, 1.165) is 25.1 Å². The summed E-state index contributed by atoms with van der Waals surface area (Å²) in [6.45, 7) is 13.6. The number of aliphatic hydroxyl groups is 1. The van der Waals surface area contributed by atoms with Gasteiger partial charge in [0.15, 0.2) is 0 Å². The molecule has 1 atom stereocenters. The Kier molecular flexibility index (Phi) is 5.56. The van der Waals surface area contributed by atoms with E-state index >= 15 is 0 Å². The van der Waals surface area contributed by atoms with Crippen molar-refractivity contribution in [2.75, 3.05) is 6.61 Å². The molecule has 110 valence electrons. The van der Waals surface area contributed by atoms with E-state index in [2.05, 4.69) is 56.6 Å². The minimum absolute atomic E-state index is 0.144. The first-order valence-corrected chi connectivity index (χ1v) is 7.24. The molecule has 4 nitrogen and oxygen atoms in total. The number of nitrogens with zero attached hydrogens (tertiary/aromatic N) is 2. The van der Waals surface area contributed by atoms with E-state index < -0.39 is 0 Å². The summed E-state index contributed by atoms with van der Waals surface area (Å²) in [5, 5.41) is 17.6. The van der Waals surface area contributed by atoms with Crippen molar-refractivity contribution >= 4 is 0 Å². The number of hydrogen-bond donors (Lipinski definition) is 2. The lowest BCUT2D eigenvalue weighted by molar-refractivity contribution is 0.150. The summed E-state index contributed by atoms with van der Waals surface area (Å²) in [5.41, 5.74) is 3.49. The molecule has 0 saturated carbocycles. The third-order valence-corrected chi connectivity index (χ3v) is 3.75. The Bertz CT molecular complexity index is 412. The van der Waals surface area contributed by atoms with Crippen molar-refractivity contribution in [3.8, 4) is 0 Å². The third kappa shape index (κ3) is 4.05. The fourth-order valence-corrected chi connectivity index (χ4v) is 2.71. The van der Waals surface area contributed by atoms with Gasteiger partial charge in [-0.1, -0.05) is 20.8 Å². The zero-order chi connectivity index (χ0) is 14.6. The van der Waals surface area contributed by atoms with Crippen LogP contribution in [0.5, 0.6) is 0 Å². The quantitative estimate of drug-likeness (QED) is 0.796. The number of aromatic nitrogens is 2. The van der Waals surface area contributed by atoms with E-state index in [9.17, 15) is 5.11 Å².